The molecule has 0 N–H and O–H groups in total. The van der Waals surface area contributed by atoms with E-state index in [1.807, 2.05) is 18.2 Å². The van der Waals surface area contributed by atoms with E-state index in [2.05, 4.69) is 17.1 Å². The molecule has 0 radical (unpaired) electrons. The summed E-state index contributed by atoms with van der Waals surface area (Å²) < 4.78 is 1.95. The zero-order valence-electron chi connectivity index (χ0n) is 12.6. The maximum absolute atomic E-state index is 12.5. The second-order valence-electron chi connectivity index (χ2n) is 5.26. The van der Waals surface area contributed by atoms with Gasteiger partial charge in [-0.1, -0.05) is 30.3 Å². The van der Waals surface area contributed by atoms with Crippen LogP contribution in [0.2, 0.25) is 0 Å². The van der Waals surface area contributed by atoms with Gasteiger partial charge in [0.2, 0.25) is 0 Å². The molecule has 118 valence electrons. The number of nitro groups is 1. The molecule has 2 heterocycles. The van der Waals surface area contributed by atoms with Crippen LogP contribution in [0.5, 0.6) is 0 Å². The minimum atomic E-state index is -0.496. The van der Waals surface area contributed by atoms with Crippen LogP contribution in [0.25, 0.3) is 10.2 Å². The first-order valence-electron chi connectivity index (χ1n) is 7.25. The first-order chi connectivity index (χ1) is 11.1. The van der Waals surface area contributed by atoms with Gasteiger partial charge in [-0.2, -0.15) is 0 Å². The van der Waals surface area contributed by atoms with Gasteiger partial charge in [-0.25, -0.2) is 4.98 Å². The molecule has 0 saturated heterocycles. The Labute approximate surface area is 136 Å². The van der Waals surface area contributed by atoms with Gasteiger partial charge in [-0.3, -0.25) is 19.5 Å². The van der Waals surface area contributed by atoms with Crippen molar-refractivity contribution in [1.82, 2.24) is 9.55 Å². The average molecular weight is 329 g/mol. The van der Waals surface area contributed by atoms with Gasteiger partial charge in [-0.15, -0.1) is 11.3 Å². The molecule has 0 aliphatic carbocycles. The van der Waals surface area contributed by atoms with Crippen LogP contribution in [-0.2, 0) is 13.0 Å². The number of fused-ring (bicyclic) bond motifs is 1. The van der Waals surface area contributed by atoms with Crippen molar-refractivity contribution in [2.75, 3.05) is 0 Å². The molecule has 3 rings (SSSR count). The predicted molar refractivity (Wildman–Crippen MR) is 90.0 cm³/mol. The number of aryl methyl sites for hydroxylation is 2. The topological polar surface area (TPSA) is 78.0 Å². The third kappa shape index (κ3) is 3.00. The van der Waals surface area contributed by atoms with Gasteiger partial charge in [0.1, 0.15) is 10.5 Å². The van der Waals surface area contributed by atoms with E-state index in [9.17, 15) is 14.9 Å². The monoisotopic (exact) mass is 329 g/mol. The third-order valence-corrected chi connectivity index (χ3v) is 4.68. The Morgan fingerprint density at radius 2 is 2.04 bits per heavy atom. The van der Waals surface area contributed by atoms with Crippen molar-refractivity contribution in [2.24, 2.45) is 0 Å². The van der Waals surface area contributed by atoms with E-state index in [4.69, 9.17) is 0 Å². The molecular formula is C16H15N3O3S. The lowest BCUT2D eigenvalue weighted by Gasteiger charge is -2.09. The van der Waals surface area contributed by atoms with E-state index in [-0.39, 0.29) is 16.8 Å². The Balaban J connectivity index is 1.87. The Morgan fingerprint density at radius 3 is 2.74 bits per heavy atom. The molecule has 0 spiro atoms. The smallest absolute Gasteiger partial charge is 0.296 e. The first kappa shape index (κ1) is 15.4. The molecule has 0 amide bonds. The van der Waals surface area contributed by atoms with Crippen molar-refractivity contribution in [2.45, 2.75) is 26.3 Å². The number of benzene rings is 1. The van der Waals surface area contributed by atoms with Crippen LogP contribution in [0.4, 0.5) is 5.69 Å². The van der Waals surface area contributed by atoms with Crippen molar-refractivity contribution < 1.29 is 4.92 Å². The minimum Gasteiger partial charge on any atom is -0.296 e. The molecule has 0 unspecified atom stereocenters. The number of rotatable bonds is 5. The molecule has 1 aromatic carbocycles. The molecular weight excluding hydrogens is 314 g/mol. The van der Waals surface area contributed by atoms with Gasteiger partial charge < -0.3 is 0 Å². The Hall–Kier alpha value is -2.54. The summed E-state index contributed by atoms with van der Waals surface area (Å²) in [7, 11) is 0. The van der Waals surface area contributed by atoms with E-state index in [1.54, 1.807) is 11.5 Å². The summed E-state index contributed by atoms with van der Waals surface area (Å²) in [5, 5.41) is 12.4. The summed E-state index contributed by atoms with van der Waals surface area (Å²) in [5.74, 6) is 0.511. The van der Waals surface area contributed by atoms with Crippen LogP contribution in [0.1, 0.15) is 17.8 Å². The second-order valence-corrected chi connectivity index (χ2v) is 6.14. The summed E-state index contributed by atoms with van der Waals surface area (Å²) in [5.41, 5.74) is 1.13. The number of hydrogen-bond donors (Lipinski definition) is 0. The summed E-state index contributed by atoms with van der Waals surface area (Å²) in [6.45, 7) is 2.26. The lowest BCUT2D eigenvalue weighted by molar-refractivity contribution is -0.382. The van der Waals surface area contributed by atoms with Crippen molar-refractivity contribution in [1.29, 1.82) is 0 Å². The van der Waals surface area contributed by atoms with Crippen molar-refractivity contribution in [3.63, 3.8) is 0 Å². The standard InChI is InChI=1S/C16H15N3O3S/c1-11-17-14-13(19(21)22)10-23-15(14)16(20)18(11)9-5-8-12-6-3-2-4-7-12/h2-4,6-7,10H,5,8-9H2,1H3. The maximum atomic E-state index is 12.5. The number of hydrogen-bond acceptors (Lipinski definition) is 5. The van der Waals surface area contributed by atoms with Crippen LogP contribution in [0, 0.1) is 17.0 Å². The van der Waals surface area contributed by atoms with E-state index >= 15 is 0 Å². The maximum Gasteiger partial charge on any atom is 0.306 e. The third-order valence-electron chi connectivity index (χ3n) is 3.74. The van der Waals surface area contributed by atoms with Crippen molar-refractivity contribution in [3.05, 3.63) is 67.6 Å². The quantitative estimate of drug-likeness (QED) is 0.531. The van der Waals surface area contributed by atoms with Gasteiger partial charge in [0.15, 0.2) is 5.52 Å². The molecule has 2 aromatic heterocycles. The van der Waals surface area contributed by atoms with Crippen LogP contribution in [-0.4, -0.2) is 14.5 Å². The van der Waals surface area contributed by atoms with Crippen LogP contribution in [0.3, 0.4) is 0 Å². The van der Waals surface area contributed by atoms with Crippen LogP contribution in [0.15, 0.2) is 40.5 Å². The summed E-state index contributed by atoms with van der Waals surface area (Å²) in [6.07, 6.45) is 1.68. The lowest BCUT2D eigenvalue weighted by atomic mass is 10.1. The highest BCUT2D eigenvalue weighted by Gasteiger charge is 2.20. The van der Waals surface area contributed by atoms with E-state index in [1.165, 1.54) is 10.9 Å². The van der Waals surface area contributed by atoms with Crippen molar-refractivity contribution >= 4 is 27.2 Å². The van der Waals surface area contributed by atoms with E-state index in [0.717, 1.165) is 24.2 Å². The van der Waals surface area contributed by atoms with Gasteiger partial charge in [0, 0.05) is 6.54 Å². The lowest BCUT2D eigenvalue weighted by Crippen LogP contribution is -2.23. The number of thiophene rings is 1. The highest BCUT2D eigenvalue weighted by molar-refractivity contribution is 7.17. The van der Waals surface area contributed by atoms with Crippen molar-refractivity contribution in [3.8, 4) is 0 Å². The zero-order valence-corrected chi connectivity index (χ0v) is 13.4. The average Bonchev–Trinajstić information content (AvgIpc) is 2.95. The molecule has 0 aliphatic heterocycles. The molecule has 0 saturated carbocycles. The number of nitrogens with zero attached hydrogens (tertiary/aromatic N) is 3. The predicted octanol–water partition coefficient (Wildman–Crippen LogP) is 3.31. The Bertz CT molecular complexity index is 915. The molecule has 0 aliphatic rings. The molecule has 0 fully saturated rings. The fourth-order valence-electron chi connectivity index (χ4n) is 2.57. The molecule has 3 aromatic rings. The second kappa shape index (κ2) is 6.29. The summed E-state index contributed by atoms with van der Waals surface area (Å²) in [6, 6.07) is 10.1. The SMILES string of the molecule is Cc1nc2c([N+](=O)[O-])csc2c(=O)n1CCCc1ccccc1. The Morgan fingerprint density at radius 1 is 1.30 bits per heavy atom. The molecule has 7 heteroatoms. The summed E-state index contributed by atoms with van der Waals surface area (Å²) in [4.78, 5) is 27.3. The highest BCUT2D eigenvalue weighted by Crippen LogP contribution is 2.28. The minimum absolute atomic E-state index is 0.0957. The normalized spacial score (nSPS) is 11.0. The summed E-state index contributed by atoms with van der Waals surface area (Å²) >= 11 is 1.08. The fourth-order valence-corrected chi connectivity index (χ4v) is 3.47. The van der Waals surface area contributed by atoms with Gasteiger partial charge in [0.25, 0.3) is 5.56 Å². The first-order valence-corrected chi connectivity index (χ1v) is 8.13. The fraction of sp³-hybridized carbons (Fsp3) is 0.250. The van der Waals surface area contributed by atoms with E-state index < -0.39 is 4.92 Å². The largest absolute Gasteiger partial charge is 0.306 e. The number of aromatic nitrogens is 2. The van der Waals surface area contributed by atoms with E-state index in [0.29, 0.717) is 17.1 Å². The molecule has 6 nitrogen and oxygen atoms in total. The van der Waals surface area contributed by atoms with Crippen LogP contribution < -0.4 is 5.56 Å². The van der Waals surface area contributed by atoms with Gasteiger partial charge in [-0.05, 0) is 25.3 Å². The molecule has 23 heavy (non-hydrogen) atoms. The highest BCUT2D eigenvalue weighted by atomic mass is 32.1. The molecule has 0 atom stereocenters. The zero-order chi connectivity index (χ0) is 16.4. The van der Waals surface area contributed by atoms with Gasteiger partial charge >= 0.3 is 5.69 Å². The van der Waals surface area contributed by atoms with Crippen LogP contribution >= 0.6 is 11.3 Å². The molecule has 0 bridgehead atoms. The Kier molecular flexibility index (Phi) is 4.20. The van der Waals surface area contributed by atoms with Gasteiger partial charge in [0.05, 0.1) is 10.3 Å².